The van der Waals surface area contributed by atoms with Gasteiger partial charge in [0, 0.05) is 84.8 Å². The van der Waals surface area contributed by atoms with Gasteiger partial charge in [-0.3, -0.25) is 4.98 Å². The Labute approximate surface area is 480 Å². The van der Waals surface area contributed by atoms with E-state index in [2.05, 4.69) is 191 Å². The van der Waals surface area contributed by atoms with Gasteiger partial charge in [0.2, 0.25) is 0 Å². The molecule has 4 heterocycles. The summed E-state index contributed by atoms with van der Waals surface area (Å²) >= 11 is 0. The van der Waals surface area contributed by atoms with Crippen molar-refractivity contribution >= 4 is 0 Å². The second-order valence-corrected chi connectivity index (χ2v) is 17.9. The van der Waals surface area contributed by atoms with E-state index >= 15 is 0 Å². The number of nitrogens with zero attached hydrogens (tertiary/aromatic N) is 4. The van der Waals surface area contributed by atoms with Crippen molar-refractivity contribution in [3.63, 3.8) is 0 Å². The number of aryl methyl sites for hydroxylation is 4. The van der Waals surface area contributed by atoms with E-state index in [0.29, 0.717) is 11.8 Å². The van der Waals surface area contributed by atoms with Gasteiger partial charge < -0.3 is 25.2 Å². The van der Waals surface area contributed by atoms with E-state index in [1.807, 2.05) is 116 Å². The predicted molar refractivity (Wildman–Crippen MR) is 309 cm³/mol. The smallest absolute Gasteiger partial charge is 0.0708 e. The minimum atomic E-state index is 0. The van der Waals surface area contributed by atoms with Gasteiger partial charge in [0.25, 0.3) is 0 Å². The van der Waals surface area contributed by atoms with Gasteiger partial charge in [-0.05, 0) is 119 Å². The summed E-state index contributed by atoms with van der Waals surface area (Å²) in [5.74, 6) is 1.13. The van der Waals surface area contributed by atoms with Crippen LogP contribution in [0.2, 0.25) is 0 Å². The molecule has 394 valence electrons. The maximum absolute atomic E-state index is 7.00. The first kappa shape index (κ1) is 63.4. The molecule has 2 radical (unpaired) electrons. The van der Waals surface area contributed by atoms with Crippen LogP contribution in [0.3, 0.4) is 0 Å². The molecule has 2 N–H and O–H groups in total. The minimum Gasteiger partial charge on any atom is -0.400 e. The fourth-order valence-electron chi connectivity index (χ4n) is 7.46. The van der Waals surface area contributed by atoms with E-state index in [9.17, 15) is 0 Å². The summed E-state index contributed by atoms with van der Waals surface area (Å²) in [6, 6.07) is 73.8. The van der Waals surface area contributed by atoms with E-state index in [1.54, 1.807) is 0 Å². The number of aromatic nitrogens is 4. The van der Waals surface area contributed by atoms with Crippen LogP contribution in [0, 0.1) is 45.9 Å². The van der Waals surface area contributed by atoms with Crippen LogP contribution in [-0.2, 0) is 40.2 Å². The molecule has 0 saturated carbocycles. The van der Waals surface area contributed by atoms with Gasteiger partial charge in [0.1, 0.15) is 0 Å². The van der Waals surface area contributed by atoms with Gasteiger partial charge in [-0.2, -0.15) is 0 Å². The molecule has 76 heavy (non-hydrogen) atoms. The zero-order valence-corrected chi connectivity index (χ0v) is 50.0. The molecule has 10 aromatic rings. The summed E-state index contributed by atoms with van der Waals surface area (Å²) in [6.45, 7) is 17.2. The third-order valence-electron chi connectivity index (χ3n) is 12.1. The van der Waals surface area contributed by atoms with E-state index in [4.69, 9.17) is 10.2 Å². The van der Waals surface area contributed by atoms with Gasteiger partial charge in [0.05, 0.1) is 5.69 Å². The quantitative estimate of drug-likeness (QED) is 0.147. The fourth-order valence-corrected chi connectivity index (χ4v) is 7.46. The number of rotatable bonds is 8. The zero-order chi connectivity index (χ0) is 53.2. The molecule has 6 nitrogen and oxygen atoms in total. The fraction of sp³-hybridized carbons (Fsp3) is 0.176. The van der Waals surface area contributed by atoms with Crippen molar-refractivity contribution in [3.8, 4) is 67.3 Å². The monoisotopic (exact) mass is 1360 g/mol. The van der Waals surface area contributed by atoms with Crippen molar-refractivity contribution < 1.29 is 50.4 Å². The van der Waals surface area contributed by atoms with Crippen LogP contribution >= 0.6 is 0 Å². The Morgan fingerprint density at radius 1 is 0.329 bits per heavy atom. The largest absolute Gasteiger partial charge is 0.400 e. The van der Waals surface area contributed by atoms with E-state index in [1.165, 1.54) is 55.6 Å². The summed E-state index contributed by atoms with van der Waals surface area (Å²) in [6.07, 6.45) is 7.56. The molecule has 6 aromatic carbocycles. The van der Waals surface area contributed by atoms with Crippen LogP contribution < -0.4 is 0 Å². The van der Waals surface area contributed by atoms with Crippen molar-refractivity contribution in [2.24, 2.45) is 0 Å². The van der Waals surface area contributed by atoms with Gasteiger partial charge in [0.15, 0.2) is 0 Å². The topological polar surface area (TPSA) is 92.0 Å². The third-order valence-corrected chi connectivity index (χ3v) is 12.1. The molecule has 0 aliphatic heterocycles. The van der Waals surface area contributed by atoms with Crippen LogP contribution in [0.25, 0.3) is 67.3 Å². The van der Waals surface area contributed by atoms with Crippen LogP contribution in [0.1, 0.15) is 72.9 Å². The average Bonchev–Trinajstić information content (AvgIpc) is 3.47. The second-order valence-electron chi connectivity index (χ2n) is 17.9. The molecule has 0 atom stereocenters. The molecular formula is C68H69Ir2N4O2-3. The third kappa shape index (κ3) is 19.4. The Morgan fingerprint density at radius 3 is 1.01 bits per heavy atom. The van der Waals surface area contributed by atoms with Crippen molar-refractivity contribution in [2.45, 2.75) is 67.2 Å². The number of aliphatic hydroxyl groups is 2. The van der Waals surface area contributed by atoms with Crippen LogP contribution in [0.5, 0.6) is 0 Å². The molecule has 0 fully saturated rings. The number of hydrogen-bond acceptors (Lipinski definition) is 6. The first-order valence-electron chi connectivity index (χ1n) is 24.9. The molecule has 0 aliphatic rings. The standard InChI is InChI=1S/C20H19N.C20H18N.2C13H12N.2CH4O.2Ir/c2*1-15(2)16-8-10-17(11-9-16)19-12-13-21-20(14-19)18-6-4-3-5-7-18;2*1-10-8-13(14-9-11(10)2)12-6-4-3-5-7-12;2*1-2;;/h3-15H,1-2H3;3-6,8-15H,1-2H3;2*3-6,8-9H,1-2H3;2*2H,1H3;;/q;3*-1;;;;. The Kier molecular flexibility index (Phi) is 28.3. The van der Waals surface area contributed by atoms with Gasteiger partial charge >= 0.3 is 0 Å². The van der Waals surface area contributed by atoms with E-state index in [0.717, 1.165) is 59.2 Å². The van der Waals surface area contributed by atoms with Crippen molar-refractivity contribution in [3.05, 3.63) is 264 Å². The summed E-state index contributed by atoms with van der Waals surface area (Å²) in [5, 5.41) is 14.0. The summed E-state index contributed by atoms with van der Waals surface area (Å²) in [7, 11) is 2.00. The first-order valence-corrected chi connectivity index (χ1v) is 24.9. The van der Waals surface area contributed by atoms with Crippen LogP contribution in [-0.4, -0.2) is 44.4 Å². The molecule has 10 rings (SSSR count). The predicted octanol–water partition coefficient (Wildman–Crippen LogP) is 16.4. The number of benzene rings is 6. The van der Waals surface area contributed by atoms with Crippen LogP contribution in [0.15, 0.2) is 213 Å². The maximum atomic E-state index is 7.00. The zero-order valence-electron chi connectivity index (χ0n) is 45.2. The SMILES string of the molecule is CC(C)c1ccc(-c2ccnc(-c3[c-]cccc3)c2)cc1.CC(C)c1ccc(-c2ccnc(-c3ccccc3)c2)cc1.CO.CO.Cc1cnc(-c2[c-]cccc2)cc1C.Cc1cnc(-c2[c-]cccc2)cc1C.[Ir].[Ir]. The molecule has 0 unspecified atom stereocenters. The summed E-state index contributed by atoms with van der Waals surface area (Å²) in [5.41, 5.74) is 20.8. The Hall–Kier alpha value is -6.86. The van der Waals surface area contributed by atoms with Gasteiger partial charge in [-0.15, -0.1) is 108 Å². The van der Waals surface area contributed by atoms with Gasteiger partial charge in [-0.1, -0.05) is 136 Å². The van der Waals surface area contributed by atoms with E-state index < -0.39 is 0 Å². The van der Waals surface area contributed by atoms with Gasteiger partial charge in [-0.25, -0.2) is 0 Å². The van der Waals surface area contributed by atoms with Crippen molar-refractivity contribution in [1.29, 1.82) is 0 Å². The van der Waals surface area contributed by atoms with Crippen molar-refractivity contribution in [2.75, 3.05) is 14.2 Å². The maximum Gasteiger partial charge on any atom is 0.0708 e. The number of pyridine rings is 4. The molecule has 0 aliphatic carbocycles. The Balaban J connectivity index is 0.000000263. The second kappa shape index (κ2) is 33.9. The first-order chi connectivity index (χ1) is 36.0. The Morgan fingerprint density at radius 2 is 0.671 bits per heavy atom. The molecule has 4 aromatic heterocycles. The average molecular weight is 1360 g/mol. The summed E-state index contributed by atoms with van der Waals surface area (Å²) in [4.78, 5) is 17.7. The molecular weight excluding hydrogens is 1290 g/mol. The minimum absolute atomic E-state index is 0. The van der Waals surface area contributed by atoms with Crippen LogP contribution in [0.4, 0.5) is 0 Å². The Bertz CT molecular complexity index is 2960. The number of aliphatic hydroxyl groups excluding tert-OH is 2. The summed E-state index contributed by atoms with van der Waals surface area (Å²) < 4.78 is 0. The molecule has 0 spiro atoms. The normalized spacial score (nSPS) is 9.87. The molecule has 0 saturated heterocycles. The molecule has 0 amide bonds. The molecule has 8 heteroatoms. The van der Waals surface area contributed by atoms with E-state index in [-0.39, 0.29) is 40.2 Å². The molecule has 0 bridgehead atoms. The van der Waals surface area contributed by atoms with Crippen molar-refractivity contribution in [1.82, 2.24) is 19.9 Å². The number of hydrogen-bond donors (Lipinski definition) is 2.